The van der Waals surface area contributed by atoms with Gasteiger partial charge in [0.2, 0.25) is 0 Å². The molecule has 82 valence electrons. The number of rotatable bonds is 1. The Morgan fingerprint density at radius 1 is 1.40 bits per heavy atom. The number of hydrogen-bond acceptors (Lipinski definition) is 1. The molecule has 0 saturated heterocycles. The minimum atomic E-state index is -4.11. The molecule has 1 unspecified atom stereocenters. The highest BCUT2D eigenvalue weighted by Crippen LogP contribution is 2.42. The number of benzene rings is 1. The molecule has 1 nitrogen and oxygen atoms in total. The first-order chi connectivity index (χ1) is 6.97. The van der Waals surface area contributed by atoms with Gasteiger partial charge in [0, 0.05) is 22.6 Å². The van der Waals surface area contributed by atoms with E-state index >= 15 is 0 Å². The van der Waals surface area contributed by atoms with E-state index in [4.69, 9.17) is 0 Å². The molecule has 1 aliphatic rings. The maximum absolute atomic E-state index is 12.3. The van der Waals surface area contributed by atoms with E-state index < -0.39 is 18.5 Å². The van der Waals surface area contributed by atoms with Crippen molar-refractivity contribution < 1.29 is 13.2 Å². The molecular formula is C10H9BrF3N. The van der Waals surface area contributed by atoms with Gasteiger partial charge in [0.25, 0.3) is 0 Å². The summed E-state index contributed by atoms with van der Waals surface area (Å²) in [6, 6.07) is 5.39. The maximum atomic E-state index is 12.3. The fraction of sp³-hybridized carbons (Fsp3) is 0.400. The predicted molar refractivity (Wildman–Crippen MR) is 56.0 cm³/mol. The smallest absolute Gasteiger partial charge is 0.384 e. The van der Waals surface area contributed by atoms with Gasteiger partial charge in [-0.2, -0.15) is 13.2 Å². The van der Waals surface area contributed by atoms with Crippen LogP contribution < -0.4 is 5.32 Å². The van der Waals surface area contributed by atoms with Crippen LogP contribution in [0.5, 0.6) is 0 Å². The number of hydrogen-bond donors (Lipinski definition) is 1. The number of nitrogens with one attached hydrogen (secondary N) is 1. The van der Waals surface area contributed by atoms with Crippen LogP contribution in [0, 0.1) is 0 Å². The van der Waals surface area contributed by atoms with E-state index in [9.17, 15) is 13.2 Å². The molecule has 0 aromatic heterocycles. The second-order valence-electron chi connectivity index (χ2n) is 3.60. The Bertz CT molecular complexity index is 375. The number of halogens is 4. The third-order valence-electron chi connectivity index (χ3n) is 2.48. The quantitative estimate of drug-likeness (QED) is 0.822. The van der Waals surface area contributed by atoms with E-state index in [1.54, 1.807) is 12.1 Å². The van der Waals surface area contributed by atoms with Crippen LogP contribution >= 0.6 is 15.9 Å². The summed E-state index contributed by atoms with van der Waals surface area (Å²) >= 11 is 3.29. The highest BCUT2D eigenvalue weighted by Gasteiger charge is 2.36. The molecule has 1 aromatic rings. The predicted octanol–water partition coefficient (Wildman–Crippen LogP) is 3.91. The van der Waals surface area contributed by atoms with Crippen LogP contribution in [-0.4, -0.2) is 12.7 Å². The van der Waals surface area contributed by atoms with Crippen molar-refractivity contribution in [2.24, 2.45) is 0 Å². The lowest BCUT2D eigenvalue weighted by Gasteiger charge is -2.13. The van der Waals surface area contributed by atoms with Crippen molar-refractivity contribution in [1.29, 1.82) is 0 Å². The number of fused-ring (bicyclic) bond motifs is 1. The molecule has 1 heterocycles. The molecular weight excluding hydrogens is 271 g/mol. The average Bonchev–Trinajstić information content (AvgIpc) is 2.47. The SMILES string of the molecule is FC(F)(F)CC1CNc2cccc(Br)c21. The van der Waals surface area contributed by atoms with Crippen LogP contribution in [0.1, 0.15) is 17.9 Å². The third kappa shape index (κ3) is 2.27. The number of anilines is 1. The Hall–Kier alpha value is -0.710. The first-order valence-electron chi connectivity index (χ1n) is 4.56. The van der Waals surface area contributed by atoms with Crippen molar-refractivity contribution in [2.75, 3.05) is 11.9 Å². The highest BCUT2D eigenvalue weighted by molar-refractivity contribution is 9.10. The molecule has 0 bridgehead atoms. The van der Waals surface area contributed by atoms with Crippen LogP contribution in [0.4, 0.5) is 18.9 Å². The second kappa shape index (κ2) is 3.70. The van der Waals surface area contributed by atoms with Gasteiger partial charge in [0.05, 0.1) is 6.42 Å². The fourth-order valence-electron chi connectivity index (χ4n) is 1.89. The first-order valence-corrected chi connectivity index (χ1v) is 5.36. The summed E-state index contributed by atoms with van der Waals surface area (Å²) < 4.78 is 37.6. The lowest BCUT2D eigenvalue weighted by molar-refractivity contribution is -0.137. The van der Waals surface area contributed by atoms with Crippen LogP contribution in [0.2, 0.25) is 0 Å². The summed E-state index contributed by atoms with van der Waals surface area (Å²) in [4.78, 5) is 0. The zero-order chi connectivity index (χ0) is 11.1. The molecule has 0 amide bonds. The molecule has 0 spiro atoms. The van der Waals surface area contributed by atoms with Crippen molar-refractivity contribution in [3.05, 3.63) is 28.2 Å². The summed E-state index contributed by atoms with van der Waals surface area (Å²) in [7, 11) is 0. The lowest BCUT2D eigenvalue weighted by Crippen LogP contribution is -2.15. The fourth-order valence-corrected chi connectivity index (χ4v) is 2.58. The molecule has 5 heteroatoms. The van der Waals surface area contributed by atoms with E-state index in [1.807, 2.05) is 6.07 Å². The van der Waals surface area contributed by atoms with Crippen molar-refractivity contribution in [3.63, 3.8) is 0 Å². The first kappa shape index (κ1) is 10.8. The maximum Gasteiger partial charge on any atom is 0.389 e. The van der Waals surface area contributed by atoms with Gasteiger partial charge in [0.1, 0.15) is 0 Å². The van der Waals surface area contributed by atoms with Gasteiger partial charge in [-0.1, -0.05) is 22.0 Å². The van der Waals surface area contributed by atoms with E-state index in [0.717, 1.165) is 15.7 Å². The molecule has 0 aliphatic carbocycles. The Balaban J connectivity index is 2.28. The van der Waals surface area contributed by atoms with Crippen LogP contribution in [0.3, 0.4) is 0 Å². The van der Waals surface area contributed by atoms with Crippen molar-refractivity contribution in [1.82, 2.24) is 0 Å². The van der Waals surface area contributed by atoms with Crippen LogP contribution in [0.25, 0.3) is 0 Å². The van der Waals surface area contributed by atoms with E-state index in [1.165, 1.54) is 0 Å². The average molecular weight is 280 g/mol. The van der Waals surface area contributed by atoms with Crippen molar-refractivity contribution >= 4 is 21.6 Å². The summed E-state index contributed by atoms with van der Waals surface area (Å²) in [5.74, 6) is -0.476. The molecule has 1 aromatic carbocycles. The molecule has 1 atom stereocenters. The Morgan fingerprint density at radius 3 is 2.80 bits per heavy atom. The van der Waals surface area contributed by atoms with Gasteiger partial charge in [-0.15, -0.1) is 0 Å². The zero-order valence-corrected chi connectivity index (χ0v) is 9.32. The van der Waals surface area contributed by atoms with Gasteiger partial charge in [0.15, 0.2) is 0 Å². The molecule has 0 saturated carbocycles. The lowest BCUT2D eigenvalue weighted by atomic mass is 9.98. The monoisotopic (exact) mass is 279 g/mol. The molecule has 0 fully saturated rings. The summed E-state index contributed by atoms with van der Waals surface area (Å²) in [5, 5.41) is 2.98. The van der Waals surface area contributed by atoms with Gasteiger partial charge >= 0.3 is 6.18 Å². The van der Waals surface area contributed by atoms with Crippen LogP contribution in [0.15, 0.2) is 22.7 Å². The van der Waals surface area contributed by atoms with E-state index in [2.05, 4.69) is 21.2 Å². The van der Waals surface area contributed by atoms with Gasteiger partial charge < -0.3 is 5.32 Å². The number of alkyl halides is 3. The van der Waals surface area contributed by atoms with E-state index in [0.29, 0.717) is 6.54 Å². The largest absolute Gasteiger partial charge is 0.389 e. The van der Waals surface area contributed by atoms with Gasteiger partial charge in [-0.05, 0) is 17.7 Å². The van der Waals surface area contributed by atoms with Crippen LogP contribution in [-0.2, 0) is 0 Å². The third-order valence-corrected chi connectivity index (χ3v) is 3.17. The minimum absolute atomic E-state index is 0.359. The molecule has 15 heavy (non-hydrogen) atoms. The molecule has 2 rings (SSSR count). The highest BCUT2D eigenvalue weighted by atomic mass is 79.9. The molecule has 0 radical (unpaired) electrons. The minimum Gasteiger partial charge on any atom is -0.384 e. The van der Waals surface area contributed by atoms with E-state index in [-0.39, 0.29) is 0 Å². The Kier molecular flexibility index (Phi) is 2.66. The Labute approximate surface area is 93.8 Å². The van der Waals surface area contributed by atoms with Gasteiger partial charge in [-0.25, -0.2) is 0 Å². The zero-order valence-electron chi connectivity index (χ0n) is 7.74. The summed E-state index contributed by atoms with van der Waals surface area (Å²) in [5.41, 5.74) is 1.55. The standard InChI is InChI=1S/C10H9BrF3N/c11-7-2-1-3-8-9(7)6(5-15-8)4-10(12,13)14/h1-3,6,15H,4-5H2. The summed E-state index contributed by atoms with van der Waals surface area (Å²) in [6.45, 7) is 0.359. The van der Waals surface area contributed by atoms with Gasteiger partial charge in [-0.3, -0.25) is 0 Å². The summed E-state index contributed by atoms with van der Waals surface area (Å²) in [6.07, 6.45) is -4.88. The normalized spacial score (nSPS) is 19.9. The topological polar surface area (TPSA) is 12.0 Å². The Morgan fingerprint density at radius 2 is 2.13 bits per heavy atom. The van der Waals surface area contributed by atoms with Crippen molar-refractivity contribution in [3.8, 4) is 0 Å². The molecule has 1 aliphatic heterocycles. The second-order valence-corrected chi connectivity index (χ2v) is 4.45. The van der Waals surface area contributed by atoms with Crippen molar-refractivity contribution in [2.45, 2.75) is 18.5 Å². The molecule has 1 N–H and O–H groups in total.